The fourth-order valence-electron chi connectivity index (χ4n) is 4.02. The monoisotopic (exact) mass is 610 g/mol. The molecule has 0 bridgehead atoms. The van der Waals surface area contributed by atoms with Gasteiger partial charge in [-0.1, -0.05) is 112 Å². The smallest absolute Gasteiger partial charge is 0.305 e. The summed E-state index contributed by atoms with van der Waals surface area (Å²) in [6.07, 6.45) is 46.3. The first-order chi connectivity index (χ1) is 21.6. The van der Waals surface area contributed by atoms with Crippen molar-refractivity contribution in [3.63, 3.8) is 0 Å². The van der Waals surface area contributed by atoms with Crippen molar-refractivity contribution in [1.82, 2.24) is 0 Å². The predicted molar refractivity (Wildman–Crippen MR) is 186 cm³/mol. The third-order valence-corrected chi connectivity index (χ3v) is 6.61. The number of carbonyl (C=O) groups excluding carboxylic acids is 2. The first kappa shape index (κ1) is 41.1. The molecule has 0 aliphatic rings. The Morgan fingerprint density at radius 2 is 0.841 bits per heavy atom. The van der Waals surface area contributed by atoms with Crippen molar-refractivity contribution in [3.05, 3.63) is 85.1 Å². The van der Waals surface area contributed by atoms with Crippen molar-refractivity contribution in [3.8, 4) is 0 Å². The number of aliphatic hydroxyl groups is 1. The molecule has 0 saturated heterocycles. The average Bonchev–Trinajstić information content (AvgIpc) is 3.02. The Kier molecular flexibility index (Phi) is 32.3. The lowest BCUT2D eigenvalue weighted by Gasteiger charge is -2.12. The third-order valence-electron chi connectivity index (χ3n) is 6.61. The van der Waals surface area contributed by atoms with E-state index in [-0.39, 0.29) is 25.2 Å². The summed E-state index contributed by atoms with van der Waals surface area (Å²) in [5.74, 6) is -0.667. The predicted octanol–water partition coefficient (Wildman–Crippen LogP) is 10.4. The molecule has 0 aliphatic carbocycles. The highest BCUT2D eigenvalue weighted by Gasteiger charge is 2.11. The highest BCUT2D eigenvalue weighted by molar-refractivity contribution is 5.69. The van der Waals surface area contributed by atoms with Crippen LogP contribution < -0.4 is 0 Å². The molecule has 0 heterocycles. The van der Waals surface area contributed by atoms with Crippen molar-refractivity contribution >= 4 is 11.9 Å². The summed E-state index contributed by atoms with van der Waals surface area (Å²) in [4.78, 5) is 23.8. The van der Waals surface area contributed by atoms with Gasteiger partial charge >= 0.3 is 11.9 Å². The molecule has 0 radical (unpaired) electrons. The molecule has 1 atom stereocenters. The minimum atomic E-state index is -1.00. The Morgan fingerprint density at radius 3 is 1.20 bits per heavy atom. The van der Waals surface area contributed by atoms with E-state index in [2.05, 4.69) is 98.9 Å². The fourth-order valence-corrected chi connectivity index (χ4v) is 4.02. The molecule has 1 N–H and O–H groups in total. The maximum atomic E-state index is 11.9. The Labute approximate surface area is 269 Å². The van der Waals surface area contributed by atoms with Crippen LogP contribution in [0.25, 0.3) is 0 Å². The number of hydrogen-bond donors (Lipinski definition) is 1. The number of aliphatic hydroxyl groups excluding tert-OH is 1. The van der Waals surface area contributed by atoms with Gasteiger partial charge in [0.25, 0.3) is 0 Å². The first-order valence-electron chi connectivity index (χ1n) is 17.1. The molecule has 0 fully saturated rings. The minimum Gasteiger partial charge on any atom is -0.463 e. The summed E-state index contributed by atoms with van der Waals surface area (Å²) in [5.41, 5.74) is 0. The topological polar surface area (TPSA) is 72.8 Å². The second-order valence-corrected chi connectivity index (χ2v) is 10.9. The maximum absolute atomic E-state index is 11.9. The molecule has 0 aromatic rings. The standard InChI is InChI=1S/C39H62O5/c1-3-5-7-9-11-13-15-17-19-21-23-25-27-29-31-33-38(41)43-35-37(40)36-44-39(42)34-32-30-28-26-24-22-20-18-16-14-12-10-8-6-4-2/h5,7,11-14,17-20,23-26,37,40H,3-4,6,8-10,15-16,21-22,27-36H2,1-2H3/b7-5-,13-11-,14-12-,19-17-,20-18-,25-23-,26-24-/t37-/m0/s1. The van der Waals surface area contributed by atoms with Crippen LogP contribution >= 0.6 is 0 Å². The lowest BCUT2D eigenvalue weighted by Crippen LogP contribution is -2.25. The number of unbranched alkanes of at least 4 members (excludes halogenated alkanes) is 7. The summed E-state index contributed by atoms with van der Waals surface area (Å²) in [7, 11) is 0. The quantitative estimate of drug-likeness (QED) is 0.0518. The van der Waals surface area contributed by atoms with Gasteiger partial charge < -0.3 is 14.6 Å². The molecule has 5 heteroatoms. The van der Waals surface area contributed by atoms with Crippen molar-refractivity contribution in [2.24, 2.45) is 0 Å². The lowest BCUT2D eigenvalue weighted by molar-refractivity contribution is -0.152. The molecule has 0 aromatic carbocycles. The third kappa shape index (κ3) is 33.6. The van der Waals surface area contributed by atoms with E-state index in [1.165, 1.54) is 25.7 Å². The highest BCUT2D eigenvalue weighted by Crippen LogP contribution is 2.06. The molecule has 248 valence electrons. The molecular formula is C39H62O5. The Morgan fingerprint density at radius 1 is 0.500 bits per heavy atom. The van der Waals surface area contributed by atoms with E-state index >= 15 is 0 Å². The van der Waals surface area contributed by atoms with Gasteiger partial charge in [0.05, 0.1) is 0 Å². The molecule has 0 unspecified atom stereocenters. The molecule has 0 saturated carbocycles. The zero-order chi connectivity index (χ0) is 32.2. The van der Waals surface area contributed by atoms with Crippen molar-refractivity contribution in [2.75, 3.05) is 13.2 Å². The van der Waals surface area contributed by atoms with E-state index in [4.69, 9.17) is 9.47 Å². The van der Waals surface area contributed by atoms with Crippen LogP contribution in [0.4, 0.5) is 0 Å². The lowest BCUT2D eigenvalue weighted by atomic mass is 10.1. The van der Waals surface area contributed by atoms with E-state index in [0.717, 1.165) is 77.0 Å². The largest absolute Gasteiger partial charge is 0.463 e. The van der Waals surface area contributed by atoms with Crippen LogP contribution in [0.15, 0.2) is 85.1 Å². The van der Waals surface area contributed by atoms with Crippen LogP contribution in [0.3, 0.4) is 0 Å². The molecule has 0 spiro atoms. The first-order valence-corrected chi connectivity index (χ1v) is 17.1. The maximum Gasteiger partial charge on any atom is 0.305 e. The molecule has 44 heavy (non-hydrogen) atoms. The van der Waals surface area contributed by atoms with Crippen LogP contribution in [0.1, 0.15) is 129 Å². The van der Waals surface area contributed by atoms with Gasteiger partial charge in [0.2, 0.25) is 0 Å². The summed E-state index contributed by atoms with van der Waals surface area (Å²) in [5, 5.41) is 9.96. The number of rotatable bonds is 29. The van der Waals surface area contributed by atoms with E-state index < -0.39 is 6.10 Å². The second kappa shape index (κ2) is 34.6. The van der Waals surface area contributed by atoms with Gasteiger partial charge in [-0.2, -0.15) is 0 Å². The summed E-state index contributed by atoms with van der Waals surface area (Å²) in [6, 6.07) is 0. The Hall–Kier alpha value is -2.92. The zero-order valence-electron chi connectivity index (χ0n) is 27.9. The molecule has 5 nitrogen and oxygen atoms in total. The average molecular weight is 611 g/mol. The van der Waals surface area contributed by atoms with Crippen LogP contribution in [-0.4, -0.2) is 36.4 Å². The van der Waals surface area contributed by atoms with Gasteiger partial charge in [-0.3, -0.25) is 9.59 Å². The Bertz CT molecular complexity index is 875. The van der Waals surface area contributed by atoms with Gasteiger partial charge in [0.1, 0.15) is 19.3 Å². The number of carbonyl (C=O) groups is 2. The van der Waals surface area contributed by atoms with E-state index in [9.17, 15) is 14.7 Å². The van der Waals surface area contributed by atoms with Crippen LogP contribution in [0.2, 0.25) is 0 Å². The van der Waals surface area contributed by atoms with Gasteiger partial charge in [-0.25, -0.2) is 0 Å². The van der Waals surface area contributed by atoms with E-state index in [0.29, 0.717) is 12.8 Å². The molecule has 0 aromatic heterocycles. The summed E-state index contributed by atoms with van der Waals surface area (Å²) in [6.45, 7) is 4.05. The second-order valence-electron chi connectivity index (χ2n) is 10.9. The van der Waals surface area contributed by atoms with E-state index in [1.807, 2.05) is 0 Å². The minimum absolute atomic E-state index is 0.155. The van der Waals surface area contributed by atoms with Crippen LogP contribution in [-0.2, 0) is 19.1 Å². The number of allylic oxidation sites excluding steroid dienone is 14. The van der Waals surface area contributed by atoms with Crippen molar-refractivity contribution < 1.29 is 24.2 Å². The SMILES string of the molecule is CC/C=C\C/C=C\C/C=C\C/C=C\CCCCC(=O)OC[C@H](O)COC(=O)CCCC/C=C\C/C=C\C/C=C\CCCCC. The van der Waals surface area contributed by atoms with Gasteiger partial charge in [-0.15, -0.1) is 0 Å². The summed E-state index contributed by atoms with van der Waals surface area (Å²) < 4.78 is 10.2. The zero-order valence-corrected chi connectivity index (χ0v) is 27.9. The van der Waals surface area contributed by atoms with Crippen molar-refractivity contribution in [2.45, 2.75) is 136 Å². The van der Waals surface area contributed by atoms with Crippen LogP contribution in [0, 0.1) is 0 Å². The number of hydrogen-bond acceptors (Lipinski definition) is 5. The summed E-state index contributed by atoms with van der Waals surface area (Å²) >= 11 is 0. The number of ether oxygens (including phenoxy) is 2. The van der Waals surface area contributed by atoms with Gasteiger partial charge in [-0.05, 0) is 89.9 Å². The Balaban J connectivity index is 3.63. The molecular weight excluding hydrogens is 548 g/mol. The van der Waals surface area contributed by atoms with E-state index in [1.54, 1.807) is 0 Å². The molecule has 0 rings (SSSR count). The number of esters is 2. The van der Waals surface area contributed by atoms with Crippen LogP contribution in [0.5, 0.6) is 0 Å². The molecule has 0 aliphatic heterocycles. The normalized spacial score (nSPS) is 13.2. The van der Waals surface area contributed by atoms with Gasteiger partial charge in [0, 0.05) is 12.8 Å². The fraction of sp³-hybridized carbons (Fsp3) is 0.590. The van der Waals surface area contributed by atoms with Gasteiger partial charge in [0.15, 0.2) is 0 Å². The highest BCUT2D eigenvalue weighted by atomic mass is 16.6. The molecule has 0 amide bonds. The van der Waals surface area contributed by atoms with Crippen molar-refractivity contribution in [1.29, 1.82) is 0 Å².